The summed E-state index contributed by atoms with van der Waals surface area (Å²) in [6.07, 6.45) is 0.897. The molecule has 8 heteroatoms. The van der Waals surface area contributed by atoms with Gasteiger partial charge in [-0.05, 0) is 44.6 Å². The van der Waals surface area contributed by atoms with Crippen molar-refractivity contribution >= 4 is 41.3 Å². The monoisotopic (exact) mass is 545 g/mol. The van der Waals surface area contributed by atoms with Gasteiger partial charge in [0, 0.05) is 31.4 Å². The van der Waals surface area contributed by atoms with Crippen molar-refractivity contribution in [2.75, 3.05) is 39.3 Å². The van der Waals surface area contributed by atoms with Gasteiger partial charge >= 0.3 is 0 Å². The van der Waals surface area contributed by atoms with Crippen molar-refractivity contribution in [3.05, 3.63) is 45.9 Å². The molecule has 1 aromatic carbocycles. The van der Waals surface area contributed by atoms with E-state index in [1.165, 1.54) is 0 Å². The van der Waals surface area contributed by atoms with Gasteiger partial charge in [-0.3, -0.25) is 0 Å². The maximum Gasteiger partial charge on any atom is 0.191 e. The quantitative estimate of drug-likeness (QED) is 0.239. The summed E-state index contributed by atoms with van der Waals surface area (Å²) in [7, 11) is 0. The van der Waals surface area contributed by atoms with Crippen LogP contribution in [0.3, 0.4) is 0 Å². The molecule has 0 spiro atoms. The molecule has 2 aromatic rings. The Bertz CT molecular complexity index is 731. The zero-order valence-electron chi connectivity index (χ0n) is 18.6. The summed E-state index contributed by atoms with van der Waals surface area (Å²) in [5.41, 5.74) is 2.29. The summed E-state index contributed by atoms with van der Waals surface area (Å²) in [5, 5.41) is 9.91. The maximum atomic E-state index is 5.85. The van der Waals surface area contributed by atoms with E-state index < -0.39 is 0 Å². The highest BCUT2D eigenvalue weighted by atomic mass is 127. The van der Waals surface area contributed by atoms with E-state index in [2.05, 4.69) is 63.8 Å². The molecule has 6 nitrogen and oxygen atoms in total. The van der Waals surface area contributed by atoms with Gasteiger partial charge in [0.15, 0.2) is 5.96 Å². The van der Waals surface area contributed by atoms with Gasteiger partial charge in [-0.2, -0.15) is 0 Å². The first-order chi connectivity index (χ1) is 14.1. The largest absolute Gasteiger partial charge is 0.492 e. The molecule has 2 N–H and O–H groups in total. The Balaban J connectivity index is 0.00000450. The number of rotatable bonds is 12. The normalized spacial score (nSPS) is 11.3. The number of aryl methyl sites for hydroxylation is 1. The smallest absolute Gasteiger partial charge is 0.191 e. The molecular formula is C22H36IN5OS. The summed E-state index contributed by atoms with van der Waals surface area (Å²) in [4.78, 5) is 11.5. The number of ether oxygens (including phenoxy) is 1. The average molecular weight is 546 g/mol. The predicted molar refractivity (Wildman–Crippen MR) is 139 cm³/mol. The highest BCUT2D eigenvalue weighted by Gasteiger charge is 2.02. The number of hydrogen-bond donors (Lipinski definition) is 2. The Morgan fingerprint density at radius 1 is 1.13 bits per heavy atom. The molecule has 1 aromatic heterocycles. The van der Waals surface area contributed by atoms with Crippen LogP contribution in [0.25, 0.3) is 0 Å². The van der Waals surface area contributed by atoms with Crippen LogP contribution in [0, 0.1) is 6.92 Å². The lowest BCUT2D eigenvalue weighted by molar-refractivity contribution is 0.223. The van der Waals surface area contributed by atoms with E-state index in [0.717, 1.165) is 67.1 Å². The van der Waals surface area contributed by atoms with Crippen molar-refractivity contribution in [3.63, 3.8) is 0 Å². The molecule has 0 unspecified atom stereocenters. The minimum atomic E-state index is 0. The average Bonchev–Trinajstić information content (AvgIpc) is 3.15. The molecule has 0 saturated carbocycles. The molecule has 2 rings (SSSR count). The molecule has 0 atom stereocenters. The molecule has 1 heterocycles. The minimum Gasteiger partial charge on any atom is -0.492 e. The number of halogens is 1. The topological polar surface area (TPSA) is 61.8 Å². The van der Waals surface area contributed by atoms with Crippen LogP contribution < -0.4 is 15.4 Å². The van der Waals surface area contributed by atoms with E-state index >= 15 is 0 Å². The van der Waals surface area contributed by atoms with E-state index in [1.807, 2.05) is 19.1 Å². The Hall–Kier alpha value is -1.39. The number of nitrogens with zero attached hydrogens (tertiary/aromatic N) is 3. The molecule has 0 saturated heterocycles. The van der Waals surface area contributed by atoms with E-state index in [4.69, 9.17) is 4.74 Å². The second-order valence-corrected chi connectivity index (χ2v) is 7.81. The molecule has 0 radical (unpaired) electrons. The Morgan fingerprint density at radius 2 is 1.87 bits per heavy atom. The van der Waals surface area contributed by atoms with Gasteiger partial charge in [0.1, 0.15) is 12.4 Å². The van der Waals surface area contributed by atoms with Crippen molar-refractivity contribution in [2.24, 2.45) is 4.99 Å². The fourth-order valence-electron chi connectivity index (χ4n) is 2.87. The fourth-order valence-corrected chi connectivity index (χ4v) is 3.51. The predicted octanol–water partition coefficient (Wildman–Crippen LogP) is 4.09. The molecule has 0 aliphatic heterocycles. The number of nitrogens with one attached hydrogen (secondary N) is 2. The standard InChI is InChI=1S/C22H35N5OS.HI/c1-5-23-22(24-13-12-20-17-29-18(4)26-20)25-16-19-8-10-21(11-9-19)28-15-14-27(6-2)7-3;/h8-11,17H,5-7,12-16H2,1-4H3,(H2,23,24,25);1H. The first kappa shape index (κ1) is 26.6. The van der Waals surface area contributed by atoms with Crippen molar-refractivity contribution in [1.29, 1.82) is 0 Å². The third kappa shape index (κ3) is 10.1. The van der Waals surface area contributed by atoms with Gasteiger partial charge in [0.2, 0.25) is 0 Å². The van der Waals surface area contributed by atoms with Crippen LogP contribution in [0.5, 0.6) is 5.75 Å². The number of aliphatic imine (C=N–C) groups is 1. The zero-order chi connectivity index (χ0) is 20.9. The number of likely N-dealkylation sites (N-methyl/N-ethyl adjacent to an activating group) is 1. The van der Waals surface area contributed by atoms with Gasteiger partial charge in [-0.1, -0.05) is 26.0 Å². The third-order valence-electron chi connectivity index (χ3n) is 4.60. The van der Waals surface area contributed by atoms with Gasteiger partial charge in [0.25, 0.3) is 0 Å². The van der Waals surface area contributed by atoms with E-state index in [0.29, 0.717) is 13.2 Å². The molecule has 0 aliphatic rings. The summed E-state index contributed by atoms with van der Waals surface area (Å²) in [6, 6.07) is 8.21. The molecule has 0 bridgehead atoms. The summed E-state index contributed by atoms with van der Waals surface area (Å²) >= 11 is 1.69. The van der Waals surface area contributed by atoms with Crippen LogP contribution in [0.15, 0.2) is 34.6 Å². The van der Waals surface area contributed by atoms with Crippen LogP contribution in [0.1, 0.15) is 37.0 Å². The lowest BCUT2D eigenvalue weighted by atomic mass is 10.2. The molecule has 0 amide bonds. The highest BCUT2D eigenvalue weighted by Crippen LogP contribution is 2.13. The molecule has 0 aliphatic carbocycles. The Morgan fingerprint density at radius 3 is 2.47 bits per heavy atom. The van der Waals surface area contributed by atoms with Gasteiger partial charge in [-0.25, -0.2) is 9.98 Å². The molecular weight excluding hydrogens is 509 g/mol. The van der Waals surface area contributed by atoms with Crippen molar-refractivity contribution in [1.82, 2.24) is 20.5 Å². The lowest BCUT2D eigenvalue weighted by Crippen LogP contribution is -2.38. The van der Waals surface area contributed by atoms with Crippen LogP contribution in [-0.4, -0.2) is 55.2 Å². The van der Waals surface area contributed by atoms with Crippen LogP contribution in [-0.2, 0) is 13.0 Å². The number of benzene rings is 1. The first-order valence-electron chi connectivity index (χ1n) is 10.5. The second kappa shape index (κ2) is 15.4. The number of guanidine groups is 1. The summed E-state index contributed by atoms with van der Waals surface area (Å²) < 4.78 is 5.85. The third-order valence-corrected chi connectivity index (χ3v) is 5.42. The second-order valence-electron chi connectivity index (χ2n) is 6.75. The van der Waals surface area contributed by atoms with Crippen molar-refractivity contribution in [2.45, 2.75) is 40.7 Å². The molecule has 0 fully saturated rings. The van der Waals surface area contributed by atoms with Gasteiger partial charge in [-0.15, -0.1) is 35.3 Å². The van der Waals surface area contributed by atoms with Crippen LogP contribution in [0.2, 0.25) is 0 Å². The van der Waals surface area contributed by atoms with E-state index in [-0.39, 0.29) is 24.0 Å². The summed E-state index contributed by atoms with van der Waals surface area (Å²) in [6.45, 7) is 14.5. The first-order valence-corrected chi connectivity index (χ1v) is 11.4. The Labute approximate surface area is 202 Å². The van der Waals surface area contributed by atoms with Crippen LogP contribution in [0.4, 0.5) is 0 Å². The van der Waals surface area contributed by atoms with E-state index in [1.54, 1.807) is 11.3 Å². The zero-order valence-corrected chi connectivity index (χ0v) is 21.8. The number of hydrogen-bond acceptors (Lipinski definition) is 5. The Kier molecular flexibility index (Phi) is 13.7. The lowest BCUT2D eigenvalue weighted by Gasteiger charge is -2.18. The molecule has 30 heavy (non-hydrogen) atoms. The van der Waals surface area contributed by atoms with Gasteiger partial charge < -0.3 is 20.3 Å². The van der Waals surface area contributed by atoms with Gasteiger partial charge in [0.05, 0.1) is 17.2 Å². The summed E-state index contributed by atoms with van der Waals surface area (Å²) in [5.74, 6) is 1.74. The van der Waals surface area contributed by atoms with E-state index in [9.17, 15) is 0 Å². The number of thiazole rings is 1. The maximum absolute atomic E-state index is 5.85. The number of aromatic nitrogens is 1. The minimum absolute atomic E-state index is 0. The van der Waals surface area contributed by atoms with Crippen molar-refractivity contribution in [3.8, 4) is 5.75 Å². The van der Waals surface area contributed by atoms with Crippen LogP contribution >= 0.6 is 35.3 Å². The van der Waals surface area contributed by atoms with Crippen molar-refractivity contribution < 1.29 is 4.74 Å². The molecule has 168 valence electrons. The fraction of sp³-hybridized carbons (Fsp3) is 0.545. The highest BCUT2D eigenvalue weighted by molar-refractivity contribution is 14.0. The SMILES string of the molecule is CCNC(=NCc1ccc(OCCN(CC)CC)cc1)NCCc1csc(C)n1.I.